The summed E-state index contributed by atoms with van der Waals surface area (Å²) in [5.41, 5.74) is 6.79. The first kappa shape index (κ1) is 13.7. The van der Waals surface area contributed by atoms with E-state index < -0.39 is 5.91 Å². The molecular weight excluding hydrogens is 216 g/mol. The highest BCUT2D eigenvalue weighted by atomic mass is 16.3. The Morgan fingerprint density at radius 3 is 2.53 bits per heavy atom. The maximum absolute atomic E-state index is 10.9. The minimum Gasteiger partial charge on any atom is -0.396 e. The predicted molar refractivity (Wildman–Crippen MR) is 67.6 cm³/mol. The SMILES string of the molecule is CCC(CCO)NCc1ccc(C(N)=O)cc1. The normalized spacial score (nSPS) is 12.4. The van der Waals surface area contributed by atoms with E-state index in [1.165, 1.54) is 0 Å². The van der Waals surface area contributed by atoms with Crippen LogP contribution in [0.25, 0.3) is 0 Å². The van der Waals surface area contributed by atoms with Crippen LogP contribution in [0.1, 0.15) is 35.7 Å². The number of hydrogen-bond acceptors (Lipinski definition) is 3. The van der Waals surface area contributed by atoms with Crippen molar-refractivity contribution in [1.29, 1.82) is 0 Å². The second-order valence-electron chi connectivity index (χ2n) is 4.06. The molecule has 0 aliphatic carbocycles. The maximum Gasteiger partial charge on any atom is 0.248 e. The van der Waals surface area contributed by atoms with E-state index in [9.17, 15) is 4.79 Å². The Kier molecular flexibility index (Phi) is 5.66. The summed E-state index contributed by atoms with van der Waals surface area (Å²) >= 11 is 0. The van der Waals surface area contributed by atoms with Crippen LogP contribution in [0.15, 0.2) is 24.3 Å². The molecule has 4 N–H and O–H groups in total. The molecule has 0 radical (unpaired) electrons. The van der Waals surface area contributed by atoms with E-state index in [0.717, 1.165) is 24.9 Å². The third-order valence-electron chi connectivity index (χ3n) is 2.80. The van der Waals surface area contributed by atoms with Crippen molar-refractivity contribution in [1.82, 2.24) is 5.32 Å². The Balaban J connectivity index is 2.48. The number of amides is 1. The largest absolute Gasteiger partial charge is 0.396 e. The molecule has 1 aromatic carbocycles. The summed E-state index contributed by atoms with van der Waals surface area (Å²) in [4.78, 5) is 10.9. The van der Waals surface area contributed by atoms with E-state index in [-0.39, 0.29) is 6.61 Å². The molecule has 1 atom stereocenters. The fourth-order valence-electron chi connectivity index (χ4n) is 1.66. The van der Waals surface area contributed by atoms with E-state index in [1.54, 1.807) is 12.1 Å². The fraction of sp³-hybridized carbons (Fsp3) is 0.462. The molecule has 0 aliphatic rings. The Labute approximate surface area is 102 Å². The van der Waals surface area contributed by atoms with Crippen molar-refractivity contribution in [3.05, 3.63) is 35.4 Å². The molecule has 1 rings (SSSR count). The molecule has 1 aromatic rings. The van der Waals surface area contributed by atoms with Crippen molar-refractivity contribution in [2.45, 2.75) is 32.4 Å². The third kappa shape index (κ3) is 4.54. The summed E-state index contributed by atoms with van der Waals surface area (Å²) in [5.74, 6) is -0.406. The average molecular weight is 236 g/mol. The lowest BCUT2D eigenvalue weighted by Gasteiger charge is -2.15. The minimum atomic E-state index is -0.406. The van der Waals surface area contributed by atoms with E-state index >= 15 is 0 Å². The minimum absolute atomic E-state index is 0.201. The second-order valence-corrected chi connectivity index (χ2v) is 4.06. The molecule has 17 heavy (non-hydrogen) atoms. The van der Waals surface area contributed by atoms with Crippen LogP contribution in [0.3, 0.4) is 0 Å². The van der Waals surface area contributed by atoms with Crippen molar-refractivity contribution in [3.8, 4) is 0 Å². The zero-order valence-electron chi connectivity index (χ0n) is 10.1. The number of hydrogen-bond donors (Lipinski definition) is 3. The number of carbonyl (C=O) groups is 1. The second kappa shape index (κ2) is 7.04. The highest BCUT2D eigenvalue weighted by molar-refractivity contribution is 5.92. The van der Waals surface area contributed by atoms with Crippen molar-refractivity contribution in [2.75, 3.05) is 6.61 Å². The molecule has 0 aromatic heterocycles. The lowest BCUT2D eigenvalue weighted by atomic mass is 10.1. The molecular formula is C13H20N2O2. The lowest BCUT2D eigenvalue weighted by molar-refractivity contribution is 0.100. The van der Waals surface area contributed by atoms with Crippen molar-refractivity contribution in [3.63, 3.8) is 0 Å². The monoisotopic (exact) mass is 236 g/mol. The van der Waals surface area contributed by atoms with Gasteiger partial charge in [0, 0.05) is 24.8 Å². The summed E-state index contributed by atoms with van der Waals surface area (Å²) in [5, 5.41) is 12.2. The Hall–Kier alpha value is -1.39. The van der Waals surface area contributed by atoms with Crippen LogP contribution >= 0.6 is 0 Å². The molecule has 0 spiro atoms. The maximum atomic E-state index is 10.9. The van der Waals surface area contributed by atoms with Gasteiger partial charge in [0.2, 0.25) is 5.91 Å². The van der Waals surface area contributed by atoms with E-state index in [1.807, 2.05) is 12.1 Å². The number of aliphatic hydroxyl groups excluding tert-OH is 1. The van der Waals surface area contributed by atoms with Gasteiger partial charge in [-0.3, -0.25) is 4.79 Å². The summed E-state index contributed by atoms with van der Waals surface area (Å²) in [6.07, 6.45) is 1.75. The highest BCUT2D eigenvalue weighted by Gasteiger charge is 2.05. The van der Waals surface area contributed by atoms with E-state index in [0.29, 0.717) is 11.6 Å². The van der Waals surface area contributed by atoms with Crippen LogP contribution in [-0.4, -0.2) is 23.7 Å². The topological polar surface area (TPSA) is 75.3 Å². The predicted octanol–water partition coefficient (Wildman–Crippen LogP) is 1.04. The van der Waals surface area contributed by atoms with Gasteiger partial charge >= 0.3 is 0 Å². The molecule has 0 saturated carbocycles. The standard InChI is InChI=1S/C13H20N2O2/c1-2-12(7-8-16)15-9-10-3-5-11(6-4-10)13(14)17/h3-6,12,15-16H,2,7-9H2,1H3,(H2,14,17). The molecule has 1 unspecified atom stereocenters. The van der Waals surface area contributed by atoms with Crippen molar-refractivity contribution >= 4 is 5.91 Å². The quantitative estimate of drug-likeness (QED) is 0.662. The molecule has 4 nitrogen and oxygen atoms in total. The van der Waals surface area contributed by atoms with Crippen LogP contribution in [0.4, 0.5) is 0 Å². The van der Waals surface area contributed by atoms with Crippen LogP contribution in [0, 0.1) is 0 Å². The molecule has 0 aliphatic heterocycles. The summed E-state index contributed by atoms with van der Waals surface area (Å²) < 4.78 is 0. The van der Waals surface area contributed by atoms with Gasteiger partial charge in [0.1, 0.15) is 0 Å². The first-order valence-corrected chi connectivity index (χ1v) is 5.90. The van der Waals surface area contributed by atoms with Crippen LogP contribution in [0.5, 0.6) is 0 Å². The van der Waals surface area contributed by atoms with Crippen LogP contribution < -0.4 is 11.1 Å². The first-order valence-electron chi connectivity index (χ1n) is 5.90. The number of nitrogens with two attached hydrogens (primary N) is 1. The van der Waals surface area contributed by atoms with Gasteiger partial charge in [0.15, 0.2) is 0 Å². The smallest absolute Gasteiger partial charge is 0.248 e. The van der Waals surface area contributed by atoms with Gasteiger partial charge < -0.3 is 16.2 Å². The molecule has 0 fully saturated rings. The molecule has 0 heterocycles. The molecule has 0 bridgehead atoms. The number of rotatable bonds is 7. The fourth-order valence-corrected chi connectivity index (χ4v) is 1.66. The molecule has 1 amide bonds. The average Bonchev–Trinajstić information content (AvgIpc) is 2.35. The Bertz CT molecular complexity index is 349. The Morgan fingerprint density at radius 2 is 2.06 bits per heavy atom. The lowest BCUT2D eigenvalue weighted by Crippen LogP contribution is -2.28. The number of aliphatic hydroxyl groups is 1. The van der Waals surface area contributed by atoms with E-state index in [4.69, 9.17) is 10.8 Å². The van der Waals surface area contributed by atoms with Gasteiger partial charge in [-0.1, -0.05) is 19.1 Å². The molecule has 94 valence electrons. The first-order chi connectivity index (χ1) is 8.17. The van der Waals surface area contributed by atoms with Gasteiger partial charge in [-0.15, -0.1) is 0 Å². The number of benzene rings is 1. The zero-order chi connectivity index (χ0) is 12.7. The van der Waals surface area contributed by atoms with Crippen LogP contribution in [0.2, 0.25) is 0 Å². The van der Waals surface area contributed by atoms with Gasteiger partial charge in [-0.25, -0.2) is 0 Å². The van der Waals surface area contributed by atoms with Crippen LogP contribution in [-0.2, 0) is 6.54 Å². The third-order valence-corrected chi connectivity index (χ3v) is 2.80. The van der Waals surface area contributed by atoms with E-state index in [2.05, 4.69) is 12.2 Å². The molecule has 0 saturated heterocycles. The van der Waals surface area contributed by atoms with Crippen molar-refractivity contribution < 1.29 is 9.90 Å². The highest BCUT2D eigenvalue weighted by Crippen LogP contribution is 2.05. The summed E-state index contributed by atoms with van der Waals surface area (Å²) in [7, 11) is 0. The zero-order valence-corrected chi connectivity index (χ0v) is 10.1. The summed E-state index contributed by atoms with van der Waals surface area (Å²) in [6, 6.07) is 7.56. The van der Waals surface area contributed by atoms with Gasteiger partial charge in [0.25, 0.3) is 0 Å². The van der Waals surface area contributed by atoms with Crippen molar-refractivity contribution in [2.24, 2.45) is 5.73 Å². The molecule has 4 heteroatoms. The number of nitrogens with one attached hydrogen (secondary N) is 1. The number of carbonyl (C=O) groups excluding carboxylic acids is 1. The van der Waals surface area contributed by atoms with Gasteiger partial charge in [-0.2, -0.15) is 0 Å². The van der Waals surface area contributed by atoms with Gasteiger partial charge in [-0.05, 0) is 30.5 Å². The van der Waals surface area contributed by atoms with Gasteiger partial charge in [0.05, 0.1) is 0 Å². The summed E-state index contributed by atoms with van der Waals surface area (Å²) in [6.45, 7) is 3.02. The number of primary amides is 1. The Morgan fingerprint density at radius 1 is 1.41 bits per heavy atom.